The Bertz CT molecular complexity index is 1160. The van der Waals surface area contributed by atoms with Crippen molar-refractivity contribution in [2.45, 2.75) is 30.5 Å². The molecule has 2 aromatic carbocycles. The number of piperidine rings is 1. The maximum atomic E-state index is 14.6. The van der Waals surface area contributed by atoms with Crippen molar-refractivity contribution in [1.29, 1.82) is 0 Å². The highest BCUT2D eigenvalue weighted by Gasteiger charge is 2.44. The molecular formula is C28H31F4N3O2. The summed E-state index contributed by atoms with van der Waals surface area (Å²) in [5.74, 6) is -1.26. The molecule has 2 amide bonds. The molecule has 2 aliphatic rings. The van der Waals surface area contributed by atoms with Crippen LogP contribution in [0.25, 0.3) is 5.57 Å². The van der Waals surface area contributed by atoms with Crippen molar-refractivity contribution >= 4 is 11.6 Å². The zero-order valence-corrected chi connectivity index (χ0v) is 20.7. The molecule has 4 rings (SSSR count). The van der Waals surface area contributed by atoms with Crippen LogP contribution in [0.1, 0.15) is 24.0 Å². The van der Waals surface area contributed by atoms with Crippen molar-refractivity contribution in [3.63, 3.8) is 0 Å². The van der Waals surface area contributed by atoms with Crippen molar-refractivity contribution in [3.05, 3.63) is 83.1 Å². The topological polar surface area (TPSA) is 47.0 Å². The fourth-order valence-electron chi connectivity index (χ4n) is 5.17. The van der Waals surface area contributed by atoms with E-state index in [2.05, 4.69) is 5.73 Å². The maximum Gasteiger partial charge on any atom is 0.321 e. The number of hydrogen-bond acceptors (Lipinski definition) is 3. The Hall–Kier alpha value is -3.13. The fraction of sp³-hybridized carbons (Fsp3) is 0.429. The number of amides is 2. The third-order valence-electron chi connectivity index (χ3n) is 7.50. The van der Waals surface area contributed by atoms with E-state index in [1.165, 1.54) is 11.0 Å². The van der Waals surface area contributed by atoms with E-state index >= 15 is 0 Å². The number of carbonyl (C=O) groups is 1. The van der Waals surface area contributed by atoms with E-state index in [9.17, 15) is 27.5 Å². The van der Waals surface area contributed by atoms with Gasteiger partial charge in [0.05, 0.1) is 19.2 Å². The van der Waals surface area contributed by atoms with Gasteiger partial charge in [-0.05, 0) is 42.7 Å². The van der Waals surface area contributed by atoms with Crippen LogP contribution in [0, 0.1) is 11.6 Å². The average molecular weight is 518 g/mol. The molecule has 1 N–H and O–H groups in total. The predicted octanol–water partition coefficient (Wildman–Crippen LogP) is 4.53. The number of carbonyl (C=O) groups excluding carboxylic acids is 1. The van der Waals surface area contributed by atoms with E-state index in [0.29, 0.717) is 31.5 Å². The van der Waals surface area contributed by atoms with Crippen LogP contribution >= 0.6 is 0 Å². The zero-order valence-electron chi connectivity index (χ0n) is 20.7. The van der Waals surface area contributed by atoms with Gasteiger partial charge >= 0.3 is 6.03 Å². The summed E-state index contributed by atoms with van der Waals surface area (Å²) >= 11 is 0. The number of aliphatic hydroxyl groups is 1. The van der Waals surface area contributed by atoms with Gasteiger partial charge in [-0.2, -0.15) is 0 Å². The third-order valence-corrected chi connectivity index (χ3v) is 7.50. The number of nitrogens with zero attached hydrogens (tertiary/aromatic N) is 3. The van der Waals surface area contributed by atoms with Gasteiger partial charge in [-0.25, -0.2) is 22.4 Å². The molecule has 9 heteroatoms. The summed E-state index contributed by atoms with van der Waals surface area (Å²) in [4.78, 5) is 18.8. The van der Waals surface area contributed by atoms with Gasteiger partial charge in [-0.15, -0.1) is 5.73 Å². The smallest absolute Gasteiger partial charge is 0.321 e. The number of rotatable bonds is 7. The Labute approximate surface area is 214 Å². The van der Waals surface area contributed by atoms with Gasteiger partial charge in [0.2, 0.25) is 0 Å². The first-order valence-corrected chi connectivity index (χ1v) is 12.3. The molecule has 5 nitrogen and oxygen atoms in total. The van der Waals surface area contributed by atoms with E-state index in [0.717, 1.165) is 18.2 Å². The molecule has 0 radical (unpaired) electrons. The number of aliphatic hydroxyl groups excluding tert-OH is 1. The maximum absolute atomic E-state index is 14.6. The van der Waals surface area contributed by atoms with Gasteiger partial charge in [-0.3, -0.25) is 4.90 Å². The zero-order chi connectivity index (χ0) is 26.6. The minimum Gasteiger partial charge on any atom is -0.393 e. The van der Waals surface area contributed by atoms with Gasteiger partial charge in [0, 0.05) is 37.3 Å². The Balaban J connectivity index is 1.66. The minimum atomic E-state index is -1.27. The van der Waals surface area contributed by atoms with Crippen LogP contribution in [-0.4, -0.2) is 84.6 Å². The van der Waals surface area contributed by atoms with E-state index in [-0.39, 0.29) is 23.7 Å². The molecule has 1 unspecified atom stereocenters. The molecule has 2 aliphatic heterocycles. The molecule has 0 spiro atoms. The first-order chi connectivity index (χ1) is 17.8. The second-order valence-electron chi connectivity index (χ2n) is 9.55. The van der Waals surface area contributed by atoms with Crippen LogP contribution in [-0.2, 0) is 5.54 Å². The lowest BCUT2D eigenvalue weighted by Gasteiger charge is -2.46. The number of benzene rings is 2. The molecule has 0 saturated carbocycles. The summed E-state index contributed by atoms with van der Waals surface area (Å²) in [6.45, 7) is -1.19. The van der Waals surface area contributed by atoms with Crippen molar-refractivity contribution < 1.29 is 27.5 Å². The molecule has 37 heavy (non-hydrogen) atoms. The number of likely N-dealkylation sites (tertiary alicyclic amines) is 1. The standard InChI is InChI=1S/C28H31F4N3O2/c1-33(23-10-13-34(14-11-23)24(16-29)17-30)27(37)35-18-20(25-15-22(31)7-8-26(25)32)9-12-28(35,19-36)21-5-3-2-4-6-21/h2-8,12,15,23-24,36H,10-11,13-14,16-19H2,1H3. The van der Waals surface area contributed by atoms with Crippen LogP contribution in [0.3, 0.4) is 0 Å². The van der Waals surface area contributed by atoms with Gasteiger partial charge < -0.3 is 14.9 Å². The second-order valence-corrected chi connectivity index (χ2v) is 9.55. The molecule has 0 aromatic heterocycles. The van der Waals surface area contributed by atoms with Crippen LogP contribution in [0.5, 0.6) is 0 Å². The summed E-state index contributed by atoms with van der Waals surface area (Å²) < 4.78 is 54.9. The lowest BCUT2D eigenvalue weighted by Crippen LogP contribution is -2.58. The normalized spacial score (nSPS) is 20.8. The largest absolute Gasteiger partial charge is 0.393 e. The van der Waals surface area contributed by atoms with Gasteiger partial charge in [0.25, 0.3) is 0 Å². The Morgan fingerprint density at radius 1 is 1.14 bits per heavy atom. The molecule has 0 aliphatic carbocycles. The molecule has 2 heterocycles. The lowest BCUT2D eigenvalue weighted by molar-refractivity contribution is 0.0501. The van der Waals surface area contributed by atoms with Gasteiger partial charge in [0.15, 0.2) is 0 Å². The van der Waals surface area contributed by atoms with Crippen molar-refractivity contribution in [1.82, 2.24) is 14.7 Å². The van der Waals surface area contributed by atoms with Gasteiger partial charge in [-0.1, -0.05) is 30.3 Å². The van der Waals surface area contributed by atoms with Crippen molar-refractivity contribution in [2.75, 3.05) is 46.6 Å². The number of alkyl halides is 2. The quantitative estimate of drug-likeness (QED) is 0.434. The monoisotopic (exact) mass is 517 g/mol. The summed E-state index contributed by atoms with van der Waals surface area (Å²) in [5, 5.41) is 10.6. The average Bonchev–Trinajstić information content (AvgIpc) is 2.94. The lowest BCUT2D eigenvalue weighted by atomic mass is 9.85. The fourth-order valence-corrected chi connectivity index (χ4v) is 5.17. The highest BCUT2D eigenvalue weighted by Crippen LogP contribution is 2.37. The van der Waals surface area contributed by atoms with E-state index < -0.39 is 49.2 Å². The van der Waals surface area contributed by atoms with Crippen LogP contribution in [0.2, 0.25) is 0 Å². The van der Waals surface area contributed by atoms with E-state index in [4.69, 9.17) is 0 Å². The summed E-state index contributed by atoms with van der Waals surface area (Å²) in [6, 6.07) is 10.7. The number of halogens is 4. The van der Waals surface area contributed by atoms with Crippen LogP contribution in [0.4, 0.5) is 22.4 Å². The Morgan fingerprint density at radius 3 is 2.43 bits per heavy atom. The SMILES string of the molecule is CN(C(=O)N1CC(c2cc(F)ccc2F)=C=CC1(CO)c1ccccc1)C1CCN(C(CF)CF)CC1. The molecule has 1 atom stereocenters. The highest BCUT2D eigenvalue weighted by molar-refractivity contribution is 5.81. The van der Waals surface area contributed by atoms with E-state index in [1.54, 1.807) is 41.1 Å². The summed E-state index contributed by atoms with van der Waals surface area (Å²) in [7, 11) is 1.65. The summed E-state index contributed by atoms with van der Waals surface area (Å²) in [6.07, 6.45) is 2.59. The van der Waals surface area contributed by atoms with Crippen LogP contribution < -0.4 is 0 Å². The van der Waals surface area contributed by atoms with Gasteiger partial charge in [0.1, 0.15) is 30.5 Å². The molecule has 2 aromatic rings. The first kappa shape index (κ1) is 26.9. The Morgan fingerprint density at radius 2 is 1.81 bits per heavy atom. The number of urea groups is 1. The Kier molecular flexibility index (Phi) is 8.37. The molecule has 1 fully saturated rings. The van der Waals surface area contributed by atoms with Crippen molar-refractivity contribution in [2.24, 2.45) is 0 Å². The van der Waals surface area contributed by atoms with E-state index in [1.807, 2.05) is 6.07 Å². The third kappa shape index (κ3) is 5.30. The molecular weight excluding hydrogens is 486 g/mol. The predicted molar refractivity (Wildman–Crippen MR) is 133 cm³/mol. The minimum absolute atomic E-state index is 0.00639. The molecule has 198 valence electrons. The summed E-state index contributed by atoms with van der Waals surface area (Å²) in [5.41, 5.74) is 2.66. The second kappa shape index (κ2) is 11.5. The first-order valence-electron chi connectivity index (χ1n) is 12.3. The highest BCUT2D eigenvalue weighted by atomic mass is 19.1. The molecule has 0 bridgehead atoms. The van der Waals surface area contributed by atoms with Crippen molar-refractivity contribution in [3.8, 4) is 0 Å². The number of hydrogen-bond donors (Lipinski definition) is 1. The van der Waals surface area contributed by atoms with Crippen LogP contribution in [0.15, 0.2) is 60.3 Å². The molecule has 1 saturated heterocycles.